The van der Waals surface area contributed by atoms with Crippen molar-refractivity contribution in [1.29, 1.82) is 0 Å². The van der Waals surface area contributed by atoms with E-state index in [4.69, 9.17) is 9.84 Å². The molecular weight excluding hydrogens is 277 g/mol. The Morgan fingerprint density at radius 1 is 1.38 bits per heavy atom. The molecule has 0 saturated carbocycles. The van der Waals surface area contributed by atoms with Crippen LogP contribution in [0.15, 0.2) is 24.3 Å². The van der Waals surface area contributed by atoms with Gasteiger partial charge in [0.2, 0.25) is 5.91 Å². The zero-order valence-corrected chi connectivity index (χ0v) is 11.5. The number of amides is 1. The number of rotatable bonds is 6. The van der Waals surface area contributed by atoms with Crippen molar-refractivity contribution >= 4 is 11.9 Å². The Hall–Kier alpha value is -1.95. The van der Waals surface area contributed by atoms with E-state index in [1.165, 1.54) is 24.3 Å². The summed E-state index contributed by atoms with van der Waals surface area (Å²) in [5.74, 6) is -1.44. The van der Waals surface area contributed by atoms with Gasteiger partial charge in [0.1, 0.15) is 5.82 Å². The monoisotopic (exact) mass is 295 g/mol. The molecular formula is C15H18FNO4. The first-order valence-electron chi connectivity index (χ1n) is 6.89. The summed E-state index contributed by atoms with van der Waals surface area (Å²) in [6.45, 7) is 1.22. The molecule has 2 atom stereocenters. The van der Waals surface area contributed by atoms with Gasteiger partial charge in [-0.3, -0.25) is 9.59 Å². The first kappa shape index (κ1) is 15.4. The lowest BCUT2D eigenvalue weighted by Gasteiger charge is -2.18. The van der Waals surface area contributed by atoms with Crippen LogP contribution in [0.5, 0.6) is 0 Å². The molecule has 0 aliphatic carbocycles. The molecule has 0 unspecified atom stereocenters. The van der Waals surface area contributed by atoms with E-state index >= 15 is 0 Å². The van der Waals surface area contributed by atoms with Crippen LogP contribution in [0.25, 0.3) is 0 Å². The van der Waals surface area contributed by atoms with Crippen LogP contribution in [0.4, 0.5) is 4.39 Å². The van der Waals surface area contributed by atoms with Gasteiger partial charge >= 0.3 is 5.97 Å². The number of benzene rings is 1. The minimum absolute atomic E-state index is 0.184. The van der Waals surface area contributed by atoms with Crippen LogP contribution in [0.1, 0.15) is 30.9 Å². The second-order valence-corrected chi connectivity index (χ2v) is 5.20. The maximum absolute atomic E-state index is 12.9. The third-order valence-corrected chi connectivity index (χ3v) is 3.48. The summed E-state index contributed by atoms with van der Waals surface area (Å²) >= 11 is 0. The second-order valence-electron chi connectivity index (χ2n) is 5.20. The summed E-state index contributed by atoms with van der Waals surface area (Å²) in [6.07, 6.45) is 0.920. The van der Waals surface area contributed by atoms with E-state index in [-0.39, 0.29) is 18.2 Å². The van der Waals surface area contributed by atoms with Crippen LogP contribution >= 0.6 is 0 Å². The third-order valence-electron chi connectivity index (χ3n) is 3.48. The fraction of sp³-hybridized carbons (Fsp3) is 0.467. The van der Waals surface area contributed by atoms with Gasteiger partial charge in [-0.2, -0.15) is 0 Å². The van der Waals surface area contributed by atoms with E-state index in [0.29, 0.717) is 25.2 Å². The zero-order chi connectivity index (χ0) is 15.2. The number of halogens is 1. The van der Waals surface area contributed by atoms with Crippen LogP contribution in [0.2, 0.25) is 0 Å². The first-order valence-corrected chi connectivity index (χ1v) is 6.89. The molecule has 1 aromatic carbocycles. The first-order chi connectivity index (χ1) is 10.0. The highest BCUT2D eigenvalue weighted by Gasteiger charge is 2.22. The van der Waals surface area contributed by atoms with Crippen molar-refractivity contribution in [2.24, 2.45) is 5.92 Å². The predicted octanol–water partition coefficient (Wildman–Crippen LogP) is 1.88. The van der Waals surface area contributed by atoms with Gasteiger partial charge in [0, 0.05) is 19.6 Å². The van der Waals surface area contributed by atoms with Gasteiger partial charge in [0.05, 0.1) is 12.5 Å². The molecule has 2 rings (SSSR count). The summed E-state index contributed by atoms with van der Waals surface area (Å²) in [5.41, 5.74) is 0.579. The molecule has 2 N–H and O–H groups in total. The maximum Gasteiger partial charge on any atom is 0.305 e. The molecule has 5 nitrogen and oxygen atoms in total. The van der Waals surface area contributed by atoms with E-state index in [1.807, 2.05) is 0 Å². The minimum Gasteiger partial charge on any atom is -0.481 e. The Balaban J connectivity index is 1.99. The molecule has 0 radical (unpaired) electrons. The van der Waals surface area contributed by atoms with E-state index < -0.39 is 17.8 Å². The summed E-state index contributed by atoms with van der Waals surface area (Å²) in [6, 6.07) is 4.82. The van der Waals surface area contributed by atoms with E-state index in [9.17, 15) is 14.0 Å². The molecule has 1 saturated heterocycles. The quantitative estimate of drug-likeness (QED) is 0.840. The lowest BCUT2D eigenvalue weighted by atomic mass is 10.0. The van der Waals surface area contributed by atoms with Crippen molar-refractivity contribution in [3.63, 3.8) is 0 Å². The number of nitrogens with one attached hydrogen (secondary N) is 1. The van der Waals surface area contributed by atoms with Crippen LogP contribution in [0.3, 0.4) is 0 Å². The number of carbonyl (C=O) groups is 2. The summed E-state index contributed by atoms with van der Waals surface area (Å²) in [5, 5.41) is 11.7. The molecule has 6 heteroatoms. The molecule has 1 aromatic rings. The van der Waals surface area contributed by atoms with Crippen LogP contribution in [0, 0.1) is 11.7 Å². The fourth-order valence-electron chi connectivity index (χ4n) is 2.38. The maximum atomic E-state index is 12.9. The van der Waals surface area contributed by atoms with Gasteiger partial charge < -0.3 is 15.2 Å². The van der Waals surface area contributed by atoms with Crippen molar-refractivity contribution in [2.45, 2.75) is 25.3 Å². The average molecular weight is 295 g/mol. The number of aliphatic carboxylic acids is 1. The Labute approximate surface area is 122 Å². The number of hydrogen-bond donors (Lipinski definition) is 2. The molecule has 1 amide bonds. The number of carboxylic acid groups (broad SMARTS) is 1. The zero-order valence-electron chi connectivity index (χ0n) is 11.5. The summed E-state index contributed by atoms with van der Waals surface area (Å²) in [7, 11) is 0. The lowest BCUT2D eigenvalue weighted by molar-refractivity contribution is -0.137. The highest BCUT2D eigenvalue weighted by atomic mass is 19.1. The smallest absolute Gasteiger partial charge is 0.305 e. The lowest BCUT2D eigenvalue weighted by Crippen LogP contribution is -2.31. The van der Waals surface area contributed by atoms with Crippen molar-refractivity contribution in [3.8, 4) is 0 Å². The average Bonchev–Trinajstić information content (AvgIpc) is 2.91. The summed E-state index contributed by atoms with van der Waals surface area (Å²) < 4.78 is 18.1. The van der Waals surface area contributed by atoms with E-state index in [2.05, 4.69) is 5.32 Å². The van der Waals surface area contributed by atoms with Crippen molar-refractivity contribution in [2.75, 3.05) is 13.2 Å². The van der Waals surface area contributed by atoms with Crippen molar-refractivity contribution in [1.82, 2.24) is 5.32 Å². The van der Waals surface area contributed by atoms with Gasteiger partial charge in [-0.05, 0) is 30.0 Å². The standard InChI is InChI=1S/C15H18FNO4/c16-12-3-1-11(2-4-12)13(8-15(19)20)17-14(18)7-10-5-6-21-9-10/h1-4,10,13H,5-9H2,(H,17,18)(H,19,20)/t10-,13-/m0/s1. The van der Waals surface area contributed by atoms with E-state index in [0.717, 1.165) is 6.42 Å². The van der Waals surface area contributed by atoms with Gasteiger partial charge in [-0.1, -0.05) is 12.1 Å². The number of carboxylic acids is 1. The summed E-state index contributed by atoms with van der Waals surface area (Å²) in [4.78, 5) is 22.9. The molecule has 21 heavy (non-hydrogen) atoms. The van der Waals surface area contributed by atoms with Gasteiger partial charge in [-0.25, -0.2) is 4.39 Å². The van der Waals surface area contributed by atoms with Gasteiger partial charge in [-0.15, -0.1) is 0 Å². The molecule has 1 fully saturated rings. The molecule has 0 bridgehead atoms. The molecule has 1 aliphatic rings. The third kappa shape index (κ3) is 4.82. The number of hydrogen-bond acceptors (Lipinski definition) is 3. The largest absolute Gasteiger partial charge is 0.481 e. The highest BCUT2D eigenvalue weighted by molar-refractivity contribution is 5.78. The molecule has 0 spiro atoms. The second kappa shape index (κ2) is 7.17. The Morgan fingerprint density at radius 2 is 2.10 bits per heavy atom. The van der Waals surface area contributed by atoms with E-state index in [1.54, 1.807) is 0 Å². The molecule has 1 aliphatic heterocycles. The SMILES string of the molecule is O=C(O)C[C@H](NC(=O)C[C@@H]1CCOC1)c1ccc(F)cc1. The fourth-order valence-corrected chi connectivity index (χ4v) is 2.38. The number of carbonyl (C=O) groups excluding carboxylic acids is 1. The van der Waals surface area contributed by atoms with Crippen LogP contribution in [-0.4, -0.2) is 30.2 Å². The predicted molar refractivity (Wildman–Crippen MR) is 73.1 cm³/mol. The van der Waals surface area contributed by atoms with Gasteiger partial charge in [0.25, 0.3) is 0 Å². The Morgan fingerprint density at radius 3 is 2.67 bits per heavy atom. The van der Waals surface area contributed by atoms with Crippen molar-refractivity contribution in [3.05, 3.63) is 35.6 Å². The normalized spacial score (nSPS) is 19.2. The minimum atomic E-state index is -1.02. The topological polar surface area (TPSA) is 75.6 Å². The van der Waals surface area contributed by atoms with Crippen LogP contribution in [-0.2, 0) is 14.3 Å². The highest BCUT2D eigenvalue weighted by Crippen LogP contribution is 2.20. The van der Waals surface area contributed by atoms with Crippen LogP contribution < -0.4 is 5.32 Å². The van der Waals surface area contributed by atoms with Crippen molar-refractivity contribution < 1.29 is 23.8 Å². The van der Waals surface area contributed by atoms with Gasteiger partial charge in [0.15, 0.2) is 0 Å². The molecule has 1 heterocycles. The number of ether oxygens (including phenoxy) is 1. The molecule has 0 aromatic heterocycles. The Bertz CT molecular complexity index is 497. The Kier molecular flexibility index (Phi) is 5.27. The molecule has 114 valence electrons.